The highest BCUT2D eigenvalue weighted by Gasteiger charge is 2.32. The summed E-state index contributed by atoms with van der Waals surface area (Å²) < 4.78 is 5.82. The van der Waals surface area contributed by atoms with Gasteiger partial charge < -0.3 is 9.64 Å². The normalized spacial score (nSPS) is 15.9. The monoisotopic (exact) mass is 289 g/mol. The molecule has 0 bridgehead atoms. The number of likely N-dealkylation sites (N-methyl/N-ethyl adjacent to an activating group) is 1. The molecule has 1 amide bonds. The minimum absolute atomic E-state index is 0.0608. The molecule has 1 atom stereocenters. The third-order valence-electron chi connectivity index (χ3n) is 4.45. The van der Waals surface area contributed by atoms with Gasteiger partial charge in [0, 0.05) is 13.1 Å². The molecule has 1 aliphatic rings. The van der Waals surface area contributed by atoms with E-state index in [1.807, 2.05) is 24.9 Å². The van der Waals surface area contributed by atoms with Gasteiger partial charge in [0.2, 0.25) is 0 Å². The average molecular weight is 289 g/mol. The first-order valence-electron chi connectivity index (χ1n) is 7.89. The Morgan fingerprint density at radius 1 is 1.33 bits per heavy atom. The van der Waals surface area contributed by atoms with Crippen molar-refractivity contribution in [2.45, 2.75) is 52.5 Å². The lowest BCUT2D eigenvalue weighted by Gasteiger charge is -2.25. The van der Waals surface area contributed by atoms with E-state index < -0.39 is 0 Å². The van der Waals surface area contributed by atoms with Crippen LogP contribution in [0.5, 0.6) is 5.75 Å². The van der Waals surface area contributed by atoms with Crippen molar-refractivity contribution in [2.75, 3.05) is 13.7 Å². The summed E-state index contributed by atoms with van der Waals surface area (Å²) in [6.07, 6.45) is 2.49. The van der Waals surface area contributed by atoms with Gasteiger partial charge in [-0.1, -0.05) is 26.0 Å². The maximum absolute atomic E-state index is 12.3. The Morgan fingerprint density at radius 3 is 2.57 bits per heavy atom. The van der Waals surface area contributed by atoms with E-state index in [2.05, 4.69) is 32.9 Å². The van der Waals surface area contributed by atoms with Gasteiger partial charge in [0.1, 0.15) is 5.75 Å². The molecular weight excluding hydrogens is 262 g/mol. The zero-order valence-corrected chi connectivity index (χ0v) is 13.8. The second-order valence-corrected chi connectivity index (χ2v) is 6.57. The molecule has 1 fully saturated rings. The van der Waals surface area contributed by atoms with E-state index in [1.165, 1.54) is 12.8 Å². The lowest BCUT2D eigenvalue weighted by Crippen LogP contribution is -2.39. The Morgan fingerprint density at radius 2 is 2.00 bits per heavy atom. The molecule has 0 radical (unpaired) electrons. The SMILES string of the molecule is Cc1ccc(C(C)C)c(OCC(=O)N(C)C(C)C2CC2)c1. The molecule has 0 saturated heterocycles. The summed E-state index contributed by atoms with van der Waals surface area (Å²) in [4.78, 5) is 14.1. The number of rotatable bonds is 6. The van der Waals surface area contributed by atoms with Crippen molar-refractivity contribution in [2.24, 2.45) is 5.92 Å². The molecule has 0 aromatic heterocycles. The summed E-state index contributed by atoms with van der Waals surface area (Å²) >= 11 is 0. The van der Waals surface area contributed by atoms with Crippen LogP contribution in [0.4, 0.5) is 0 Å². The summed E-state index contributed by atoms with van der Waals surface area (Å²) in [5.74, 6) is 1.97. The Balaban J connectivity index is 1.98. The van der Waals surface area contributed by atoms with Crippen LogP contribution in [0.1, 0.15) is 50.7 Å². The number of carbonyl (C=O) groups excluding carboxylic acids is 1. The number of hydrogen-bond acceptors (Lipinski definition) is 2. The summed E-state index contributed by atoms with van der Waals surface area (Å²) in [6.45, 7) is 8.57. The molecule has 116 valence electrons. The molecule has 2 rings (SSSR count). The van der Waals surface area contributed by atoms with Gasteiger partial charge in [-0.25, -0.2) is 0 Å². The van der Waals surface area contributed by atoms with Crippen LogP contribution >= 0.6 is 0 Å². The second kappa shape index (κ2) is 6.50. The number of carbonyl (C=O) groups is 1. The summed E-state index contributed by atoms with van der Waals surface area (Å²) in [6, 6.07) is 6.53. The fourth-order valence-corrected chi connectivity index (χ4v) is 2.61. The lowest BCUT2D eigenvalue weighted by atomic mass is 10.0. The number of nitrogens with zero attached hydrogens (tertiary/aromatic N) is 1. The van der Waals surface area contributed by atoms with Crippen molar-refractivity contribution in [1.82, 2.24) is 4.90 Å². The van der Waals surface area contributed by atoms with Gasteiger partial charge in [0.25, 0.3) is 5.91 Å². The van der Waals surface area contributed by atoms with Crippen LogP contribution in [-0.4, -0.2) is 30.5 Å². The van der Waals surface area contributed by atoms with Crippen LogP contribution in [0, 0.1) is 12.8 Å². The molecule has 1 unspecified atom stereocenters. The third-order valence-corrected chi connectivity index (χ3v) is 4.45. The molecule has 1 aromatic rings. The van der Waals surface area contributed by atoms with Crippen LogP contribution in [0.2, 0.25) is 0 Å². The zero-order valence-electron chi connectivity index (χ0n) is 13.8. The molecule has 0 aliphatic heterocycles. The van der Waals surface area contributed by atoms with Gasteiger partial charge in [-0.3, -0.25) is 4.79 Å². The summed E-state index contributed by atoms with van der Waals surface area (Å²) in [7, 11) is 1.88. The van der Waals surface area contributed by atoms with E-state index in [-0.39, 0.29) is 12.5 Å². The number of aryl methyl sites for hydroxylation is 1. The van der Waals surface area contributed by atoms with Crippen molar-refractivity contribution >= 4 is 5.91 Å². The Hall–Kier alpha value is -1.51. The summed E-state index contributed by atoms with van der Waals surface area (Å²) in [5.41, 5.74) is 2.31. The zero-order chi connectivity index (χ0) is 15.6. The van der Waals surface area contributed by atoms with E-state index in [1.54, 1.807) is 0 Å². The maximum Gasteiger partial charge on any atom is 0.260 e. The Kier molecular flexibility index (Phi) is 4.92. The average Bonchev–Trinajstić information content (AvgIpc) is 3.27. The maximum atomic E-state index is 12.3. The van der Waals surface area contributed by atoms with E-state index in [0.29, 0.717) is 17.9 Å². The minimum Gasteiger partial charge on any atom is -0.483 e. The fourth-order valence-electron chi connectivity index (χ4n) is 2.61. The van der Waals surface area contributed by atoms with Crippen molar-refractivity contribution in [3.8, 4) is 5.75 Å². The number of amides is 1. The molecule has 0 heterocycles. The molecule has 3 heteroatoms. The van der Waals surface area contributed by atoms with Gasteiger partial charge >= 0.3 is 0 Å². The van der Waals surface area contributed by atoms with Crippen molar-refractivity contribution < 1.29 is 9.53 Å². The molecule has 1 aromatic carbocycles. The fraction of sp³-hybridized carbons (Fsp3) is 0.611. The molecule has 1 saturated carbocycles. The van der Waals surface area contributed by atoms with Gasteiger partial charge in [-0.15, -0.1) is 0 Å². The molecule has 21 heavy (non-hydrogen) atoms. The smallest absolute Gasteiger partial charge is 0.260 e. The molecule has 0 spiro atoms. The van der Waals surface area contributed by atoms with Crippen molar-refractivity contribution in [1.29, 1.82) is 0 Å². The third kappa shape index (κ3) is 3.99. The van der Waals surface area contributed by atoms with E-state index in [0.717, 1.165) is 16.9 Å². The van der Waals surface area contributed by atoms with E-state index in [4.69, 9.17) is 4.74 Å². The minimum atomic E-state index is 0.0608. The molecule has 1 aliphatic carbocycles. The van der Waals surface area contributed by atoms with Gasteiger partial charge in [-0.05, 0) is 55.7 Å². The quantitative estimate of drug-likeness (QED) is 0.798. The van der Waals surface area contributed by atoms with Crippen molar-refractivity contribution in [3.05, 3.63) is 29.3 Å². The lowest BCUT2D eigenvalue weighted by molar-refractivity contribution is -0.134. The van der Waals surface area contributed by atoms with Crippen molar-refractivity contribution in [3.63, 3.8) is 0 Å². The largest absolute Gasteiger partial charge is 0.483 e. The van der Waals surface area contributed by atoms with Gasteiger partial charge in [0.15, 0.2) is 6.61 Å². The van der Waals surface area contributed by atoms with Crippen LogP contribution < -0.4 is 4.74 Å². The molecule has 3 nitrogen and oxygen atoms in total. The first-order chi connectivity index (χ1) is 9.90. The highest BCUT2D eigenvalue weighted by atomic mass is 16.5. The highest BCUT2D eigenvalue weighted by Crippen LogP contribution is 2.34. The van der Waals surface area contributed by atoms with Crippen LogP contribution in [0.15, 0.2) is 18.2 Å². The first-order valence-corrected chi connectivity index (χ1v) is 7.89. The van der Waals surface area contributed by atoms with Crippen LogP contribution in [-0.2, 0) is 4.79 Å². The molecular formula is C18H27NO2. The standard InChI is InChI=1S/C18H27NO2/c1-12(2)16-9-6-13(3)10-17(16)21-11-18(20)19(5)14(4)15-7-8-15/h6,9-10,12,14-15H,7-8,11H2,1-5H3. The predicted molar refractivity (Wildman–Crippen MR) is 85.7 cm³/mol. The van der Waals surface area contributed by atoms with Crippen LogP contribution in [0.3, 0.4) is 0 Å². The summed E-state index contributed by atoms with van der Waals surface area (Å²) in [5, 5.41) is 0. The topological polar surface area (TPSA) is 29.5 Å². The number of benzene rings is 1. The predicted octanol–water partition coefficient (Wildman–Crippen LogP) is 3.75. The molecule has 0 N–H and O–H groups in total. The highest BCUT2D eigenvalue weighted by molar-refractivity contribution is 5.78. The van der Waals surface area contributed by atoms with Gasteiger partial charge in [-0.2, -0.15) is 0 Å². The number of ether oxygens (including phenoxy) is 1. The van der Waals surface area contributed by atoms with Crippen LogP contribution in [0.25, 0.3) is 0 Å². The Bertz CT molecular complexity index is 506. The Labute approximate surface area is 128 Å². The second-order valence-electron chi connectivity index (χ2n) is 6.57. The van der Waals surface area contributed by atoms with E-state index in [9.17, 15) is 4.79 Å². The first kappa shape index (κ1) is 15.9. The van der Waals surface area contributed by atoms with E-state index >= 15 is 0 Å². The van der Waals surface area contributed by atoms with Gasteiger partial charge in [0.05, 0.1) is 0 Å². The number of hydrogen-bond donors (Lipinski definition) is 0.